The Bertz CT molecular complexity index is 288. The van der Waals surface area contributed by atoms with Crippen LogP contribution in [0.2, 0.25) is 0 Å². The zero-order valence-corrected chi connectivity index (χ0v) is 14.1. The number of likely N-dealkylation sites (tertiary alicyclic amines) is 1. The molecule has 118 valence electrons. The van der Waals surface area contributed by atoms with E-state index in [0.29, 0.717) is 17.9 Å². The van der Waals surface area contributed by atoms with Gasteiger partial charge in [-0.2, -0.15) is 0 Å². The average Bonchev–Trinajstić information content (AvgIpc) is 2.45. The second-order valence-electron chi connectivity index (χ2n) is 6.30. The van der Waals surface area contributed by atoms with Crippen molar-refractivity contribution in [2.45, 2.75) is 53.5 Å². The number of nitrogens with zero attached hydrogens (tertiary/aromatic N) is 2. The summed E-state index contributed by atoms with van der Waals surface area (Å²) in [5.41, 5.74) is 0. The van der Waals surface area contributed by atoms with E-state index in [1.54, 1.807) is 0 Å². The fraction of sp³-hybridized carbons (Fsp3) is 0.938. The van der Waals surface area contributed by atoms with Crippen LogP contribution in [0.1, 0.15) is 47.5 Å². The maximum absolute atomic E-state index is 4.80. The summed E-state index contributed by atoms with van der Waals surface area (Å²) in [5, 5.41) is 6.87. The Hall–Kier alpha value is -0.770. The fourth-order valence-electron chi connectivity index (χ4n) is 2.51. The lowest BCUT2D eigenvalue weighted by atomic mass is 9.98. The maximum atomic E-state index is 4.80. The van der Waals surface area contributed by atoms with Crippen molar-refractivity contribution in [1.82, 2.24) is 15.5 Å². The van der Waals surface area contributed by atoms with E-state index in [9.17, 15) is 0 Å². The molecule has 1 aliphatic rings. The SMILES string of the molecule is CCNC(=NCC1CCCN(CC)C1)NC(C)C(C)C. The first-order valence-electron chi connectivity index (χ1n) is 8.34. The van der Waals surface area contributed by atoms with Gasteiger partial charge in [0.05, 0.1) is 0 Å². The summed E-state index contributed by atoms with van der Waals surface area (Å²) in [6, 6.07) is 0.450. The van der Waals surface area contributed by atoms with Gasteiger partial charge in [0.25, 0.3) is 0 Å². The predicted molar refractivity (Wildman–Crippen MR) is 88.3 cm³/mol. The van der Waals surface area contributed by atoms with Gasteiger partial charge in [-0.25, -0.2) is 0 Å². The first-order chi connectivity index (χ1) is 9.56. The van der Waals surface area contributed by atoms with E-state index < -0.39 is 0 Å². The number of hydrogen-bond acceptors (Lipinski definition) is 2. The lowest BCUT2D eigenvalue weighted by Gasteiger charge is -2.31. The molecule has 2 unspecified atom stereocenters. The second-order valence-corrected chi connectivity index (χ2v) is 6.30. The summed E-state index contributed by atoms with van der Waals surface area (Å²) in [6.07, 6.45) is 2.64. The molecule has 1 saturated heterocycles. The molecule has 4 nitrogen and oxygen atoms in total. The smallest absolute Gasteiger partial charge is 0.191 e. The molecule has 4 heteroatoms. The molecule has 0 aromatic heterocycles. The fourth-order valence-corrected chi connectivity index (χ4v) is 2.51. The van der Waals surface area contributed by atoms with Gasteiger partial charge < -0.3 is 15.5 Å². The van der Waals surface area contributed by atoms with Gasteiger partial charge in [-0.15, -0.1) is 0 Å². The van der Waals surface area contributed by atoms with Crippen molar-refractivity contribution >= 4 is 5.96 Å². The Morgan fingerprint density at radius 2 is 2.05 bits per heavy atom. The average molecular weight is 282 g/mol. The number of rotatable bonds is 6. The lowest BCUT2D eigenvalue weighted by Crippen LogP contribution is -2.45. The summed E-state index contributed by atoms with van der Waals surface area (Å²) in [7, 11) is 0. The molecule has 0 aromatic rings. The summed E-state index contributed by atoms with van der Waals surface area (Å²) in [5.74, 6) is 2.31. The predicted octanol–water partition coefficient (Wildman–Crippen LogP) is 2.32. The number of hydrogen-bond donors (Lipinski definition) is 2. The Labute approximate surface area is 125 Å². The third-order valence-corrected chi connectivity index (χ3v) is 4.27. The van der Waals surface area contributed by atoms with Gasteiger partial charge in [0, 0.05) is 25.7 Å². The van der Waals surface area contributed by atoms with Crippen LogP contribution in [0.3, 0.4) is 0 Å². The quantitative estimate of drug-likeness (QED) is 0.580. The standard InChI is InChI=1S/C16H34N4/c1-6-17-16(19-14(5)13(3)4)18-11-15-9-8-10-20(7-2)12-15/h13-15H,6-12H2,1-5H3,(H2,17,18,19). The molecule has 0 aromatic carbocycles. The number of guanidine groups is 1. The Morgan fingerprint density at radius 3 is 2.65 bits per heavy atom. The highest BCUT2D eigenvalue weighted by atomic mass is 15.2. The van der Waals surface area contributed by atoms with E-state index in [-0.39, 0.29) is 0 Å². The zero-order valence-electron chi connectivity index (χ0n) is 14.1. The number of nitrogens with one attached hydrogen (secondary N) is 2. The summed E-state index contributed by atoms with van der Waals surface area (Å²) < 4.78 is 0. The minimum absolute atomic E-state index is 0.450. The zero-order chi connectivity index (χ0) is 15.0. The maximum Gasteiger partial charge on any atom is 0.191 e. The Kier molecular flexibility index (Phi) is 7.97. The monoisotopic (exact) mass is 282 g/mol. The molecule has 2 atom stereocenters. The van der Waals surface area contributed by atoms with Crippen molar-refractivity contribution < 1.29 is 0 Å². The van der Waals surface area contributed by atoms with Gasteiger partial charge in [-0.1, -0.05) is 20.8 Å². The van der Waals surface area contributed by atoms with Crippen LogP contribution in [0.15, 0.2) is 4.99 Å². The van der Waals surface area contributed by atoms with E-state index >= 15 is 0 Å². The van der Waals surface area contributed by atoms with E-state index in [4.69, 9.17) is 4.99 Å². The van der Waals surface area contributed by atoms with E-state index in [0.717, 1.165) is 19.0 Å². The summed E-state index contributed by atoms with van der Waals surface area (Å²) in [4.78, 5) is 7.34. The molecule has 1 fully saturated rings. The topological polar surface area (TPSA) is 39.7 Å². The van der Waals surface area contributed by atoms with Crippen molar-refractivity contribution in [3.8, 4) is 0 Å². The van der Waals surface area contributed by atoms with Crippen LogP contribution in [-0.4, -0.2) is 49.6 Å². The molecule has 0 spiro atoms. The van der Waals surface area contributed by atoms with Gasteiger partial charge in [-0.05, 0) is 51.6 Å². The largest absolute Gasteiger partial charge is 0.357 e. The third kappa shape index (κ3) is 6.12. The molecule has 1 aliphatic heterocycles. The van der Waals surface area contributed by atoms with Crippen molar-refractivity contribution in [3.05, 3.63) is 0 Å². The second kappa shape index (κ2) is 9.22. The molecular formula is C16H34N4. The molecule has 1 rings (SSSR count). The van der Waals surface area contributed by atoms with Gasteiger partial charge in [-0.3, -0.25) is 4.99 Å². The van der Waals surface area contributed by atoms with Crippen LogP contribution in [0.5, 0.6) is 0 Å². The normalized spacial score (nSPS) is 22.9. The highest BCUT2D eigenvalue weighted by Gasteiger charge is 2.18. The van der Waals surface area contributed by atoms with Gasteiger partial charge in [0.15, 0.2) is 5.96 Å². The van der Waals surface area contributed by atoms with Crippen molar-refractivity contribution in [3.63, 3.8) is 0 Å². The van der Waals surface area contributed by atoms with E-state index in [1.165, 1.54) is 32.5 Å². The van der Waals surface area contributed by atoms with Crippen LogP contribution >= 0.6 is 0 Å². The highest BCUT2D eigenvalue weighted by Crippen LogP contribution is 2.16. The summed E-state index contributed by atoms with van der Waals surface area (Å²) in [6.45, 7) is 16.6. The van der Waals surface area contributed by atoms with E-state index in [1.807, 2.05) is 0 Å². The van der Waals surface area contributed by atoms with Gasteiger partial charge >= 0.3 is 0 Å². The van der Waals surface area contributed by atoms with Crippen LogP contribution < -0.4 is 10.6 Å². The van der Waals surface area contributed by atoms with E-state index in [2.05, 4.69) is 50.2 Å². The molecule has 0 bridgehead atoms. The molecule has 0 saturated carbocycles. The van der Waals surface area contributed by atoms with Crippen molar-refractivity contribution in [1.29, 1.82) is 0 Å². The van der Waals surface area contributed by atoms with Crippen LogP contribution in [-0.2, 0) is 0 Å². The van der Waals surface area contributed by atoms with Crippen molar-refractivity contribution in [2.24, 2.45) is 16.8 Å². The third-order valence-electron chi connectivity index (χ3n) is 4.27. The lowest BCUT2D eigenvalue weighted by molar-refractivity contribution is 0.186. The molecule has 2 N–H and O–H groups in total. The number of piperidine rings is 1. The molecule has 0 aliphatic carbocycles. The molecule has 0 radical (unpaired) electrons. The molecular weight excluding hydrogens is 248 g/mol. The first kappa shape index (κ1) is 17.3. The Balaban J connectivity index is 2.49. The minimum Gasteiger partial charge on any atom is -0.357 e. The van der Waals surface area contributed by atoms with Crippen molar-refractivity contribution in [2.75, 3.05) is 32.7 Å². The first-order valence-corrected chi connectivity index (χ1v) is 8.34. The van der Waals surface area contributed by atoms with Crippen LogP contribution in [0.4, 0.5) is 0 Å². The summed E-state index contributed by atoms with van der Waals surface area (Å²) >= 11 is 0. The van der Waals surface area contributed by atoms with Gasteiger partial charge in [0.2, 0.25) is 0 Å². The molecule has 0 amide bonds. The van der Waals surface area contributed by atoms with Crippen LogP contribution in [0.25, 0.3) is 0 Å². The molecule has 20 heavy (non-hydrogen) atoms. The Morgan fingerprint density at radius 1 is 1.30 bits per heavy atom. The minimum atomic E-state index is 0.450. The highest BCUT2D eigenvalue weighted by molar-refractivity contribution is 5.80. The molecule has 1 heterocycles. The number of aliphatic imine (C=N–C) groups is 1. The van der Waals surface area contributed by atoms with Crippen LogP contribution in [0, 0.1) is 11.8 Å². The van der Waals surface area contributed by atoms with Gasteiger partial charge in [0.1, 0.15) is 0 Å².